The molecule has 1 aliphatic heterocycles. The second-order valence-electron chi connectivity index (χ2n) is 7.22. The molecule has 0 atom stereocenters. The molecule has 5 heteroatoms. The minimum Gasteiger partial charge on any atom is -0.352 e. The van der Waals surface area contributed by atoms with Crippen LogP contribution >= 0.6 is 0 Å². The van der Waals surface area contributed by atoms with Crippen LogP contribution in [0.1, 0.15) is 50.5 Å². The zero-order valence-electron chi connectivity index (χ0n) is 15.0. The fraction of sp³-hybridized carbons (Fsp3) is 0.600. The van der Waals surface area contributed by atoms with Gasteiger partial charge in [0.05, 0.1) is 0 Å². The Morgan fingerprint density at radius 3 is 2.32 bits per heavy atom. The highest BCUT2D eigenvalue weighted by Gasteiger charge is 2.30. The third-order valence-corrected chi connectivity index (χ3v) is 5.20. The van der Waals surface area contributed by atoms with Crippen LogP contribution in [0, 0.1) is 0 Å². The van der Waals surface area contributed by atoms with Gasteiger partial charge in [0.2, 0.25) is 5.91 Å². The second-order valence-corrected chi connectivity index (χ2v) is 7.22. The fourth-order valence-corrected chi connectivity index (χ4v) is 3.78. The van der Waals surface area contributed by atoms with E-state index in [4.69, 9.17) is 0 Å². The number of urea groups is 1. The zero-order valence-corrected chi connectivity index (χ0v) is 15.0. The standard InChI is InChI=1S/C20H29N3O2/c24-19(21-18-11-7-2-1-3-8-12-18)16-23-14-13-22(20(23)25)15-17-9-5-4-6-10-17/h4-6,9-10,18H,1-3,7-8,11-16H2,(H,21,24). The average molecular weight is 343 g/mol. The Kier molecular flexibility index (Phi) is 6.31. The first-order valence-corrected chi connectivity index (χ1v) is 9.59. The summed E-state index contributed by atoms with van der Waals surface area (Å²) < 4.78 is 0. The van der Waals surface area contributed by atoms with E-state index in [0.717, 1.165) is 18.4 Å². The summed E-state index contributed by atoms with van der Waals surface area (Å²) in [4.78, 5) is 28.3. The van der Waals surface area contributed by atoms with Crippen LogP contribution < -0.4 is 5.32 Å². The number of amides is 3. The molecule has 0 bridgehead atoms. The van der Waals surface area contributed by atoms with Crippen LogP contribution in [0.15, 0.2) is 30.3 Å². The van der Waals surface area contributed by atoms with Crippen molar-refractivity contribution < 1.29 is 9.59 Å². The number of nitrogens with one attached hydrogen (secondary N) is 1. The van der Waals surface area contributed by atoms with Crippen molar-refractivity contribution in [3.8, 4) is 0 Å². The quantitative estimate of drug-likeness (QED) is 0.893. The largest absolute Gasteiger partial charge is 0.352 e. The maximum Gasteiger partial charge on any atom is 0.320 e. The molecule has 1 N–H and O–H groups in total. The predicted octanol–water partition coefficient (Wildman–Crippen LogP) is 3.15. The predicted molar refractivity (Wildman–Crippen MR) is 98.1 cm³/mol. The van der Waals surface area contributed by atoms with Gasteiger partial charge in [-0.3, -0.25) is 4.79 Å². The van der Waals surface area contributed by atoms with Crippen molar-refractivity contribution in [1.29, 1.82) is 0 Å². The summed E-state index contributed by atoms with van der Waals surface area (Å²) >= 11 is 0. The molecule has 0 radical (unpaired) electrons. The van der Waals surface area contributed by atoms with Crippen LogP contribution in [0.25, 0.3) is 0 Å². The molecule has 3 rings (SSSR count). The molecule has 1 aromatic rings. The van der Waals surface area contributed by atoms with Crippen molar-refractivity contribution >= 4 is 11.9 Å². The maximum atomic E-state index is 12.5. The van der Waals surface area contributed by atoms with E-state index in [1.54, 1.807) is 4.90 Å². The van der Waals surface area contributed by atoms with Gasteiger partial charge in [-0.15, -0.1) is 0 Å². The summed E-state index contributed by atoms with van der Waals surface area (Å²) in [6, 6.07) is 10.2. The van der Waals surface area contributed by atoms with Crippen molar-refractivity contribution in [3.05, 3.63) is 35.9 Å². The molecule has 1 aliphatic carbocycles. The number of nitrogens with zero attached hydrogens (tertiary/aromatic N) is 2. The lowest BCUT2D eigenvalue weighted by Gasteiger charge is -2.23. The number of hydrogen-bond donors (Lipinski definition) is 1. The smallest absolute Gasteiger partial charge is 0.320 e. The van der Waals surface area contributed by atoms with E-state index in [1.807, 2.05) is 35.2 Å². The highest BCUT2D eigenvalue weighted by molar-refractivity contribution is 5.85. The molecule has 0 unspecified atom stereocenters. The van der Waals surface area contributed by atoms with E-state index in [1.165, 1.54) is 32.1 Å². The minimum atomic E-state index is -0.0309. The monoisotopic (exact) mass is 343 g/mol. The third kappa shape index (κ3) is 5.21. The van der Waals surface area contributed by atoms with Crippen LogP contribution in [0.3, 0.4) is 0 Å². The molecule has 0 aromatic heterocycles. The summed E-state index contributed by atoms with van der Waals surface area (Å²) in [5.74, 6) is -0.0134. The number of hydrogen-bond acceptors (Lipinski definition) is 2. The van der Waals surface area contributed by atoms with Crippen molar-refractivity contribution in [2.24, 2.45) is 0 Å². The minimum absolute atomic E-state index is 0.0134. The summed E-state index contributed by atoms with van der Waals surface area (Å²) in [5.41, 5.74) is 1.12. The summed E-state index contributed by atoms with van der Waals surface area (Å²) in [5, 5.41) is 3.15. The normalized spacial score (nSPS) is 19.6. The van der Waals surface area contributed by atoms with Gasteiger partial charge in [0.1, 0.15) is 6.54 Å². The van der Waals surface area contributed by atoms with Gasteiger partial charge in [0.15, 0.2) is 0 Å². The Balaban J connectivity index is 1.46. The van der Waals surface area contributed by atoms with Crippen molar-refractivity contribution in [3.63, 3.8) is 0 Å². The van der Waals surface area contributed by atoms with Crippen LogP contribution in [0.2, 0.25) is 0 Å². The number of carbonyl (C=O) groups is 2. The first kappa shape index (κ1) is 17.8. The fourth-order valence-electron chi connectivity index (χ4n) is 3.78. The lowest BCUT2D eigenvalue weighted by Crippen LogP contribution is -2.43. The Morgan fingerprint density at radius 1 is 0.960 bits per heavy atom. The lowest BCUT2D eigenvalue weighted by atomic mass is 9.97. The van der Waals surface area contributed by atoms with Gasteiger partial charge in [-0.25, -0.2) is 4.79 Å². The lowest BCUT2D eigenvalue weighted by molar-refractivity contribution is -0.122. The van der Waals surface area contributed by atoms with E-state index in [2.05, 4.69) is 5.32 Å². The molecular formula is C20H29N3O2. The number of benzene rings is 1. The van der Waals surface area contributed by atoms with Crippen LogP contribution in [-0.2, 0) is 11.3 Å². The van der Waals surface area contributed by atoms with Crippen molar-refractivity contribution in [2.75, 3.05) is 19.6 Å². The average Bonchev–Trinajstić information content (AvgIpc) is 2.91. The van der Waals surface area contributed by atoms with E-state index in [-0.39, 0.29) is 24.5 Å². The first-order chi connectivity index (χ1) is 12.2. The Labute approximate surface area is 150 Å². The molecule has 2 fully saturated rings. The Bertz CT molecular complexity index is 568. The van der Waals surface area contributed by atoms with Gasteiger partial charge >= 0.3 is 6.03 Å². The second kappa shape index (κ2) is 8.88. The van der Waals surface area contributed by atoms with Gasteiger partial charge in [0, 0.05) is 25.7 Å². The Morgan fingerprint density at radius 2 is 1.60 bits per heavy atom. The van der Waals surface area contributed by atoms with Gasteiger partial charge < -0.3 is 15.1 Å². The van der Waals surface area contributed by atoms with Gasteiger partial charge in [-0.2, -0.15) is 0 Å². The van der Waals surface area contributed by atoms with E-state index < -0.39 is 0 Å². The first-order valence-electron chi connectivity index (χ1n) is 9.59. The van der Waals surface area contributed by atoms with E-state index in [9.17, 15) is 9.59 Å². The topological polar surface area (TPSA) is 52.7 Å². The van der Waals surface area contributed by atoms with Crippen molar-refractivity contribution in [1.82, 2.24) is 15.1 Å². The van der Waals surface area contributed by atoms with Gasteiger partial charge in [-0.05, 0) is 18.4 Å². The number of carbonyl (C=O) groups excluding carboxylic acids is 2. The highest BCUT2D eigenvalue weighted by Crippen LogP contribution is 2.17. The molecule has 0 spiro atoms. The van der Waals surface area contributed by atoms with Gasteiger partial charge in [0.25, 0.3) is 0 Å². The maximum absolute atomic E-state index is 12.5. The molecule has 2 aliphatic rings. The molecule has 3 amide bonds. The van der Waals surface area contributed by atoms with Crippen LogP contribution in [0.5, 0.6) is 0 Å². The summed E-state index contributed by atoms with van der Waals surface area (Å²) in [6.45, 7) is 2.11. The van der Waals surface area contributed by atoms with Crippen LogP contribution in [0.4, 0.5) is 4.79 Å². The SMILES string of the molecule is O=C(CN1CCN(Cc2ccccc2)C1=O)NC1CCCCCCC1. The molecule has 1 saturated carbocycles. The van der Waals surface area contributed by atoms with Gasteiger partial charge in [-0.1, -0.05) is 62.4 Å². The Hall–Kier alpha value is -2.04. The third-order valence-electron chi connectivity index (χ3n) is 5.20. The molecule has 25 heavy (non-hydrogen) atoms. The molecule has 5 nitrogen and oxygen atoms in total. The molecule has 1 heterocycles. The van der Waals surface area contributed by atoms with Crippen molar-refractivity contribution in [2.45, 2.75) is 57.5 Å². The molecule has 1 saturated heterocycles. The van der Waals surface area contributed by atoms with E-state index >= 15 is 0 Å². The highest BCUT2D eigenvalue weighted by atomic mass is 16.2. The molecule has 1 aromatic carbocycles. The molecular weight excluding hydrogens is 314 g/mol. The number of rotatable bonds is 5. The van der Waals surface area contributed by atoms with E-state index in [0.29, 0.717) is 19.6 Å². The van der Waals surface area contributed by atoms with Crippen LogP contribution in [-0.4, -0.2) is 47.4 Å². The summed E-state index contributed by atoms with van der Waals surface area (Å²) in [7, 11) is 0. The summed E-state index contributed by atoms with van der Waals surface area (Å²) in [6.07, 6.45) is 8.38. The molecule has 136 valence electrons. The zero-order chi connectivity index (χ0) is 17.5.